The first-order valence-corrected chi connectivity index (χ1v) is 7.24. The molecule has 0 fully saturated rings. The van der Waals surface area contributed by atoms with Crippen LogP contribution >= 0.6 is 23.8 Å². The van der Waals surface area contributed by atoms with Crippen molar-refractivity contribution >= 4 is 34.5 Å². The summed E-state index contributed by atoms with van der Waals surface area (Å²) < 4.78 is 5.49. The van der Waals surface area contributed by atoms with Gasteiger partial charge in [0.05, 0.1) is 16.7 Å². The van der Waals surface area contributed by atoms with E-state index in [1.165, 1.54) is 0 Å². The number of halogens is 1. The third-order valence-corrected chi connectivity index (χ3v) is 3.12. The van der Waals surface area contributed by atoms with E-state index in [2.05, 4.69) is 5.32 Å². The molecular weight excluding hydrogens is 280 g/mol. The maximum atomic E-state index is 6.09. The van der Waals surface area contributed by atoms with Crippen molar-refractivity contribution in [2.45, 2.75) is 32.8 Å². The summed E-state index contributed by atoms with van der Waals surface area (Å²) in [5.41, 5.74) is 7.30. The summed E-state index contributed by atoms with van der Waals surface area (Å²) in [7, 11) is 0. The standard InChI is InChI=1S/C14H21ClN2OS/c1-10(2)18-9-4-3-8-17-12-7-5-6-11(15)13(12)14(16)19/h5-7,10,17H,3-4,8-9H2,1-2H3,(H2,16,19). The summed E-state index contributed by atoms with van der Waals surface area (Å²) >= 11 is 11.1. The summed E-state index contributed by atoms with van der Waals surface area (Å²) in [6, 6.07) is 5.61. The first kappa shape index (κ1) is 16.2. The van der Waals surface area contributed by atoms with Crippen molar-refractivity contribution in [3.05, 3.63) is 28.8 Å². The van der Waals surface area contributed by atoms with Gasteiger partial charge in [0.2, 0.25) is 0 Å². The fraction of sp³-hybridized carbons (Fsp3) is 0.500. The molecule has 0 aliphatic heterocycles. The molecule has 0 bridgehead atoms. The maximum Gasteiger partial charge on any atom is 0.107 e. The minimum Gasteiger partial charge on any atom is -0.389 e. The van der Waals surface area contributed by atoms with Crippen molar-refractivity contribution < 1.29 is 4.74 Å². The summed E-state index contributed by atoms with van der Waals surface area (Å²) in [6.45, 7) is 5.71. The Labute approximate surface area is 125 Å². The number of ether oxygens (including phenoxy) is 1. The molecule has 0 saturated carbocycles. The van der Waals surface area contributed by atoms with Gasteiger partial charge in [-0.05, 0) is 38.8 Å². The van der Waals surface area contributed by atoms with Gasteiger partial charge in [0.1, 0.15) is 4.99 Å². The highest BCUT2D eigenvalue weighted by Gasteiger charge is 2.08. The second kappa shape index (κ2) is 8.35. The highest BCUT2D eigenvalue weighted by molar-refractivity contribution is 7.80. The molecule has 0 spiro atoms. The third-order valence-electron chi connectivity index (χ3n) is 2.60. The van der Waals surface area contributed by atoms with Gasteiger partial charge in [-0.2, -0.15) is 0 Å². The first-order valence-electron chi connectivity index (χ1n) is 6.46. The zero-order valence-electron chi connectivity index (χ0n) is 11.4. The van der Waals surface area contributed by atoms with Crippen molar-refractivity contribution in [3.63, 3.8) is 0 Å². The average Bonchev–Trinajstić information content (AvgIpc) is 2.32. The smallest absolute Gasteiger partial charge is 0.107 e. The fourth-order valence-corrected chi connectivity index (χ4v) is 2.24. The Morgan fingerprint density at radius 3 is 2.79 bits per heavy atom. The van der Waals surface area contributed by atoms with E-state index in [9.17, 15) is 0 Å². The quantitative estimate of drug-likeness (QED) is 0.569. The summed E-state index contributed by atoms with van der Waals surface area (Å²) in [5.74, 6) is 0. The topological polar surface area (TPSA) is 47.3 Å². The van der Waals surface area contributed by atoms with Crippen LogP contribution in [-0.4, -0.2) is 24.2 Å². The van der Waals surface area contributed by atoms with Crippen LogP contribution in [0.5, 0.6) is 0 Å². The number of nitrogens with two attached hydrogens (primary N) is 1. The van der Waals surface area contributed by atoms with Crippen LogP contribution in [0.3, 0.4) is 0 Å². The molecule has 0 heterocycles. The fourth-order valence-electron chi connectivity index (χ4n) is 1.69. The molecule has 0 aliphatic rings. The van der Waals surface area contributed by atoms with Crippen LogP contribution in [0.4, 0.5) is 5.69 Å². The van der Waals surface area contributed by atoms with E-state index in [0.717, 1.165) is 37.2 Å². The monoisotopic (exact) mass is 300 g/mol. The number of thiocarbonyl (C=S) groups is 1. The number of benzene rings is 1. The highest BCUT2D eigenvalue weighted by Crippen LogP contribution is 2.24. The Hall–Kier alpha value is -0.840. The van der Waals surface area contributed by atoms with Crippen molar-refractivity contribution in [1.29, 1.82) is 0 Å². The molecule has 19 heavy (non-hydrogen) atoms. The van der Waals surface area contributed by atoms with Gasteiger partial charge >= 0.3 is 0 Å². The van der Waals surface area contributed by atoms with E-state index in [0.29, 0.717) is 16.1 Å². The number of anilines is 1. The van der Waals surface area contributed by atoms with E-state index >= 15 is 0 Å². The molecule has 3 nitrogen and oxygen atoms in total. The molecule has 0 radical (unpaired) electrons. The van der Waals surface area contributed by atoms with Crippen molar-refractivity contribution in [1.82, 2.24) is 0 Å². The van der Waals surface area contributed by atoms with Crippen LogP contribution in [-0.2, 0) is 4.74 Å². The van der Waals surface area contributed by atoms with Gasteiger partial charge in [-0.1, -0.05) is 29.9 Å². The average molecular weight is 301 g/mol. The Kier molecular flexibility index (Phi) is 7.13. The number of rotatable bonds is 8. The largest absolute Gasteiger partial charge is 0.389 e. The molecule has 3 N–H and O–H groups in total. The molecule has 0 unspecified atom stereocenters. The third kappa shape index (κ3) is 5.76. The Balaban J connectivity index is 2.41. The van der Waals surface area contributed by atoms with Crippen LogP contribution in [0.2, 0.25) is 5.02 Å². The zero-order valence-corrected chi connectivity index (χ0v) is 13.0. The molecule has 0 atom stereocenters. The van der Waals surface area contributed by atoms with E-state index < -0.39 is 0 Å². The first-order chi connectivity index (χ1) is 9.02. The predicted octanol–water partition coefficient (Wildman–Crippen LogP) is 3.59. The molecule has 0 aliphatic carbocycles. The van der Waals surface area contributed by atoms with Crippen LogP contribution < -0.4 is 11.1 Å². The molecule has 1 aromatic rings. The van der Waals surface area contributed by atoms with Crippen molar-refractivity contribution in [2.24, 2.45) is 5.73 Å². The lowest BCUT2D eigenvalue weighted by Gasteiger charge is -2.13. The lowest BCUT2D eigenvalue weighted by molar-refractivity contribution is 0.0765. The minimum atomic E-state index is 0.294. The molecular formula is C14H21ClN2OS. The molecule has 1 aromatic carbocycles. The van der Waals surface area contributed by atoms with Gasteiger partial charge in [0.15, 0.2) is 0 Å². The molecule has 0 aromatic heterocycles. The van der Waals surface area contributed by atoms with Crippen molar-refractivity contribution in [2.75, 3.05) is 18.5 Å². The second-order valence-electron chi connectivity index (χ2n) is 4.58. The Morgan fingerprint density at radius 1 is 1.42 bits per heavy atom. The minimum absolute atomic E-state index is 0.294. The zero-order chi connectivity index (χ0) is 14.3. The van der Waals surface area contributed by atoms with E-state index in [4.69, 9.17) is 34.3 Å². The second-order valence-corrected chi connectivity index (χ2v) is 5.43. The highest BCUT2D eigenvalue weighted by atomic mass is 35.5. The van der Waals surface area contributed by atoms with E-state index in [1.807, 2.05) is 26.0 Å². The van der Waals surface area contributed by atoms with Gasteiger partial charge in [-0.3, -0.25) is 0 Å². The molecule has 106 valence electrons. The van der Waals surface area contributed by atoms with Crippen molar-refractivity contribution in [3.8, 4) is 0 Å². The molecule has 5 heteroatoms. The number of hydrogen-bond donors (Lipinski definition) is 2. The summed E-state index contributed by atoms with van der Waals surface area (Å²) in [5, 5.41) is 3.90. The number of nitrogens with one attached hydrogen (secondary N) is 1. The molecule has 0 saturated heterocycles. The molecule has 1 rings (SSSR count). The molecule has 0 amide bonds. The van der Waals surface area contributed by atoms with Crippen LogP contribution in [0.1, 0.15) is 32.3 Å². The summed E-state index contributed by atoms with van der Waals surface area (Å²) in [4.78, 5) is 0.316. The summed E-state index contributed by atoms with van der Waals surface area (Å²) in [6.07, 6.45) is 2.34. The number of hydrogen-bond acceptors (Lipinski definition) is 3. The van der Waals surface area contributed by atoms with E-state index in [-0.39, 0.29) is 0 Å². The van der Waals surface area contributed by atoms with Gasteiger partial charge in [0.25, 0.3) is 0 Å². The Morgan fingerprint density at radius 2 is 2.16 bits per heavy atom. The Bertz CT molecular complexity index is 424. The normalized spacial score (nSPS) is 10.7. The van der Waals surface area contributed by atoms with Gasteiger partial charge in [-0.15, -0.1) is 0 Å². The van der Waals surface area contributed by atoms with Gasteiger partial charge in [0, 0.05) is 18.8 Å². The lowest BCUT2D eigenvalue weighted by atomic mass is 10.1. The maximum absolute atomic E-state index is 6.09. The van der Waals surface area contributed by atoms with Crippen LogP contribution in [0.15, 0.2) is 18.2 Å². The van der Waals surface area contributed by atoms with Crippen LogP contribution in [0.25, 0.3) is 0 Å². The SMILES string of the molecule is CC(C)OCCCCNc1cccc(Cl)c1C(N)=S. The predicted molar refractivity (Wildman–Crippen MR) is 86.2 cm³/mol. The van der Waals surface area contributed by atoms with Crippen LogP contribution in [0, 0.1) is 0 Å². The number of unbranched alkanes of at least 4 members (excludes halogenated alkanes) is 1. The van der Waals surface area contributed by atoms with E-state index in [1.54, 1.807) is 6.07 Å². The van der Waals surface area contributed by atoms with Gasteiger partial charge < -0.3 is 15.8 Å². The van der Waals surface area contributed by atoms with Gasteiger partial charge in [-0.25, -0.2) is 0 Å². The lowest BCUT2D eigenvalue weighted by Crippen LogP contribution is -2.14.